The number of halogens is 1. The summed E-state index contributed by atoms with van der Waals surface area (Å²) in [5.74, 6) is 0.750. The van der Waals surface area contributed by atoms with Crippen molar-refractivity contribution in [2.24, 2.45) is 0 Å². The third-order valence-corrected chi connectivity index (χ3v) is 3.98. The van der Waals surface area contributed by atoms with E-state index in [4.69, 9.17) is 9.47 Å². The Labute approximate surface area is 161 Å². The number of benzene rings is 2. The van der Waals surface area contributed by atoms with Crippen molar-refractivity contribution < 1.29 is 18.7 Å². The second kappa shape index (κ2) is 8.81. The smallest absolute Gasteiger partial charge is 0.264 e. The van der Waals surface area contributed by atoms with Gasteiger partial charge in [-0.05, 0) is 30.3 Å². The molecule has 1 aromatic heterocycles. The molecule has 0 saturated heterocycles. The summed E-state index contributed by atoms with van der Waals surface area (Å²) in [6, 6.07) is 14.8. The Morgan fingerprint density at radius 1 is 0.929 bits per heavy atom. The average molecular weight is 382 g/mol. The third kappa shape index (κ3) is 4.35. The van der Waals surface area contributed by atoms with Gasteiger partial charge in [0.2, 0.25) is 0 Å². The number of carbonyl (C=O) groups excluding carboxylic acids is 1. The van der Waals surface area contributed by atoms with Gasteiger partial charge in [0.25, 0.3) is 5.91 Å². The van der Waals surface area contributed by atoms with Crippen molar-refractivity contribution in [2.45, 2.75) is 6.54 Å². The van der Waals surface area contributed by atoms with Crippen LogP contribution in [0.15, 0.2) is 54.6 Å². The molecule has 0 aliphatic carbocycles. The molecule has 0 fully saturated rings. The van der Waals surface area contributed by atoms with Crippen molar-refractivity contribution in [3.8, 4) is 11.5 Å². The number of hydrogen-bond acceptors (Lipinski definition) is 6. The number of methoxy groups -OCH3 is 2. The van der Waals surface area contributed by atoms with Crippen molar-refractivity contribution in [2.75, 3.05) is 24.9 Å². The fourth-order valence-electron chi connectivity index (χ4n) is 2.57. The summed E-state index contributed by atoms with van der Waals surface area (Å²) in [7, 11) is 2.95. The summed E-state index contributed by atoms with van der Waals surface area (Å²) in [5, 5.41) is 13.6. The molecule has 0 saturated carbocycles. The van der Waals surface area contributed by atoms with Crippen molar-refractivity contribution in [1.29, 1.82) is 0 Å². The van der Waals surface area contributed by atoms with Crippen LogP contribution in [0, 0.1) is 5.82 Å². The van der Waals surface area contributed by atoms with E-state index in [9.17, 15) is 9.18 Å². The Bertz CT molecular complexity index is 942. The molecule has 0 aliphatic rings. The highest BCUT2D eigenvalue weighted by Gasteiger charge is 2.18. The maximum Gasteiger partial charge on any atom is 0.264 e. The number of anilines is 2. The van der Waals surface area contributed by atoms with Crippen molar-refractivity contribution in [3.63, 3.8) is 0 Å². The molecule has 0 aliphatic heterocycles. The van der Waals surface area contributed by atoms with Gasteiger partial charge in [-0.3, -0.25) is 4.79 Å². The molecule has 3 aromatic rings. The lowest BCUT2D eigenvalue weighted by atomic mass is 10.1. The lowest BCUT2D eigenvalue weighted by molar-refractivity contribution is 0.102. The van der Waals surface area contributed by atoms with Gasteiger partial charge in [0.15, 0.2) is 5.82 Å². The van der Waals surface area contributed by atoms with Crippen LogP contribution >= 0.6 is 0 Å². The molecule has 0 spiro atoms. The zero-order valence-electron chi connectivity index (χ0n) is 15.4. The van der Waals surface area contributed by atoms with Gasteiger partial charge < -0.3 is 20.1 Å². The van der Waals surface area contributed by atoms with Gasteiger partial charge in [-0.2, -0.15) is 0 Å². The molecule has 2 aromatic carbocycles. The summed E-state index contributed by atoms with van der Waals surface area (Å²) < 4.78 is 24.1. The SMILES string of the molecule is COc1cccc(OC)c1C(=O)Nc1ccc(NCc2ccccc2F)nn1. The maximum absolute atomic E-state index is 13.6. The van der Waals surface area contributed by atoms with Gasteiger partial charge in [-0.25, -0.2) is 4.39 Å². The molecule has 1 amide bonds. The van der Waals surface area contributed by atoms with Gasteiger partial charge >= 0.3 is 0 Å². The van der Waals surface area contributed by atoms with Crippen LogP contribution in [-0.4, -0.2) is 30.3 Å². The van der Waals surface area contributed by atoms with Crippen LogP contribution in [0.5, 0.6) is 11.5 Å². The van der Waals surface area contributed by atoms with E-state index in [1.165, 1.54) is 20.3 Å². The van der Waals surface area contributed by atoms with E-state index < -0.39 is 5.91 Å². The summed E-state index contributed by atoms with van der Waals surface area (Å²) in [6.07, 6.45) is 0. The van der Waals surface area contributed by atoms with E-state index in [1.54, 1.807) is 48.5 Å². The zero-order valence-corrected chi connectivity index (χ0v) is 15.4. The van der Waals surface area contributed by atoms with Crippen LogP contribution in [0.2, 0.25) is 0 Å². The van der Waals surface area contributed by atoms with Crippen LogP contribution in [0.25, 0.3) is 0 Å². The van der Waals surface area contributed by atoms with Gasteiger partial charge in [0.1, 0.15) is 28.7 Å². The standard InChI is InChI=1S/C20H19FN4O3/c1-27-15-8-5-9-16(28-2)19(15)20(26)23-18-11-10-17(24-25-18)22-12-13-6-3-4-7-14(13)21/h3-11H,12H2,1-2H3,(H,22,24)(H,23,25,26). The average Bonchev–Trinajstić information content (AvgIpc) is 2.73. The molecule has 144 valence electrons. The van der Waals surface area contributed by atoms with Crippen LogP contribution < -0.4 is 20.1 Å². The van der Waals surface area contributed by atoms with Crippen LogP contribution in [0.4, 0.5) is 16.0 Å². The third-order valence-electron chi connectivity index (χ3n) is 3.98. The molecule has 3 rings (SSSR count). The van der Waals surface area contributed by atoms with Crippen molar-refractivity contribution >= 4 is 17.5 Å². The molecule has 0 atom stereocenters. The highest BCUT2D eigenvalue weighted by molar-refractivity contribution is 6.07. The first-order chi connectivity index (χ1) is 13.6. The lowest BCUT2D eigenvalue weighted by Gasteiger charge is -2.12. The van der Waals surface area contributed by atoms with E-state index >= 15 is 0 Å². The first-order valence-corrected chi connectivity index (χ1v) is 8.45. The molecular weight excluding hydrogens is 363 g/mol. The highest BCUT2D eigenvalue weighted by atomic mass is 19.1. The lowest BCUT2D eigenvalue weighted by Crippen LogP contribution is -2.16. The minimum absolute atomic E-state index is 0.259. The molecule has 7 nitrogen and oxygen atoms in total. The summed E-state index contributed by atoms with van der Waals surface area (Å²) in [4.78, 5) is 12.6. The number of carbonyl (C=O) groups is 1. The van der Waals surface area contributed by atoms with Gasteiger partial charge in [0, 0.05) is 12.1 Å². The monoisotopic (exact) mass is 382 g/mol. The van der Waals surface area contributed by atoms with E-state index in [-0.39, 0.29) is 23.7 Å². The molecular formula is C20H19FN4O3. The van der Waals surface area contributed by atoms with Crippen molar-refractivity contribution in [1.82, 2.24) is 10.2 Å². The van der Waals surface area contributed by atoms with E-state index in [2.05, 4.69) is 20.8 Å². The summed E-state index contributed by atoms with van der Waals surface area (Å²) in [6.45, 7) is 0.269. The predicted molar refractivity (Wildman–Crippen MR) is 103 cm³/mol. The molecule has 1 heterocycles. The molecule has 2 N–H and O–H groups in total. The summed E-state index contributed by atoms with van der Waals surface area (Å²) in [5.41, 5.74) is 0.779. The maximum atomic E-state index is 13.6. The molecule has 28 heavy (non-hydrogen) atoms. The van der Waals surface area contributed by atoms with Crippen LogP contribution in [0.3, 0.4) is 0 Å². The number of rotatable bonds is 7. The second-order valence-corrected chi connectivity index (χ2v) is 5.74. The number of nitrogens with one attached hydrogen (secondary N) is 2. The minimum atomic E-state index is -0.435. The van der Waals surface area contributed by atoms with Crippen LogP contribution in [-0.2, 0) is 6.54 Å². The number of aromatic nitrogens is 2. The Hall–Kier alpha value is -3.68. The Kier molecular flexibility index (Phi) is 6.01. The quantitative estimate of drug-likeness (QED) is 0.651. The number of hydrogen-bond donors (Lipinski definition) is 2. The normalized spacial score (nSPS) is 10.2. The molecule has 0 bridgehead atoms. The highest BCUT2D eigenvalue weighted by Crippen LogP contribution is 2.28. The Balaban J connectivity index is 1.68. The predicted octanol–water partition coefficient (Wildman–Crippen LogP) is 3.50. The fourth-order valence-corrected chi connectivity index (χ4v) is 2.57. The topological polar surface area (TPSA) is 85.4 Å². The molecule has 8 heteroatoms. The molecule has 0 radical (unpaired) electrons. The minimum Gasteiger partial charge on any atom is -0.496 e. The zero-order chi connectivity index (χ0) is 19.9. The number of ether oxygens (including phenoxy) is 2. The van der Waals surface area contributed by atoms with Gasteiger partial charge in [-0.1, -0.05) is 24.3 Å². The van der Waals surface area contributed by atoms with E-state index in [0.717, 1.165) is 0 Å². The Morgan fingerprint density at radius 2 is 1.57 bits per heavy atom. The van der Waals surface area contributed by atoms with Crippen LogP contribution in [0.1, 0.15) is 15.9 Å². The first-order valence-electron chi connectivity index (χ1n) is 8.45. The number of amides is 1. The van der Waals surface area contributed by atoms with Gasteiger partial charge in [0.05, 0.1) is 14.2 Å². The van der Waals surface area contributed by atoms with Gasteiger partial charge in [-0.15, -0.1) is 10.2 Å². The van der Waals surface area contributed by atoms with E-state index in [0.29, 0.717) is 22.9 Å². The van der Waals surface area contributed by atoms with E-state index in [1.807, 2.05) is 0 Å². The van der Waals surface area contributed by atoms with Crippen molar-refractivity contribution in [3.05, 3.63) is 71.5 Å². The first kappa shape index (κ1) is 19.1. The second-order valence-electron chi connectivity index (χ2n) is 5.74. The largest absolute Gasteiger partial charge is 0.496 e. The summed E-state index contributed by atoms with van der Waals surface area (Å²) >= 11 is 0. The fraction of sp³-hybridized carbons (Fsp3) is 0.150. The molecule has 0 unspecified atom stereocenters. The Morgan fingerprint density at radius 3 is 2.18 bits per heavy atom. The number of nitrogens with zero attached hydrogens (tertiary/aromatic N) is 2.